The van der Waals surface area contributed by atoms with Crippen LogP contribution < -0.4 is 5.56 Å². The van der Waals surface area contributed by atoms with Crippen LogP contribution in [0, 0.1) is 13.8 Å². The zero-order valence-electron chi connectivity index (χ0n) is 15.7. The number of esters is 1. The Labute approximate surface area is 169 Å². The molecule has 0 spiro atoms. The number of ether oxygens (including phenoxy) is 1. The maximum absolute atomic E-state index is 12.4. The number of aromatic amines is 1. The number of benzene rings is 1. The Morgan fingerprint density at radius 3 is 2.79 bits per heavy atom. The van der Waals surface area contributed by atoms with Crippen molar-refractivity contribution >= 4 is 49.1 Å². The SMILES string of the molecule is Cc1sc2nc([C@@H](C)OC(=O)CCc3nc4ccccc4s3)[nH]c(=O)c2c1C. The molecular formula is C20H19N3O3S2. The number of carbonyl (C=O) groups excluding carboxylic acids is 1. The van der Waals surface area contributed by atoms with Gasteiger partial charge in [-0.1, -0.05) is 12.1 Å². The van der Waals surface area contributed by atoms with Crippen molar-refractivity contribution in [1.29, 1.82) is 0 Å². The van der Waals surface area contributed by atoms with Crippen molar-refractivity contribution in [2.24, 2.45) is 0 Å². The van der Waals surface area contributed by atoms with Crippen LogP contribution in [0.1, 0.15) is 40.7 Å². The highest BCUT2D eigenvalue weighted by Crippen LogP contribution is 2.27. The van der Waals surface area contributed by atoms with Gasteiger partial charge in [-0.3, -0.25) is 9.59 Å². The van der Waals surface area contributed by atoms with E-state index in [0.717, 1.165) is 25.7 Å². The highest BCUT2D eigenvalue weighted by molar-refractivity contribution is 7.19. The van der Waals surface area contributed by atoms with E-state index in [1.54, 1.807) is 18.3 Å². The smallest absolute Gasteiger partial charge is 0.306 e. The number of nitrogens with one attached hydrogen (secondary N) is 1. The van der Waals surface area contributed by atoms with Gasteiger partial charge in [-0.15, -0.1) is 22.7 Å². The summed E-state index contributed by atoms with van der Waals surface area (Å²) < 4.78 is 6.59. The van der Waals surface area contributed by atoms with Gasteiger partial charge in [-0.2, -0.15) is 0 Å². The second kappa shape index (κ2) is 7.44. The van der Waals surface area contributed by atoms with Crippen molar-refractivity contribution in [2.75, 3.05) is 0 Å². The minimum atomic E-state index is -0.623. The summed E-state index contributed by atoms with van der Waals surface area (Å²) in [7, 11) is 0. The molecule has 0 aliphatic heterocycles. The number of thiazole rings is 1. The molecule has 0 radical (unpaired) electrons. The Morgan fingerprint density at radius 2 is 2.00 bits per heavy atom. The molecule has 6 nitrogen and oxygen atoms in total. The van der Waals surface area contributed by atoms with Crippen LogP contribution in [-0.2, 0) is 16.0 Å². The lowest BCUT2D eigenvalue weighted by molar-refractivity contribution is -0.148. The van der Waals surface area contributed by atoms with E-state index in [1.165, 1.54) is 11.3 Å². The van der Waals surface area contributed by atoms with Crippen LogP contribution in [0.5, 0.6) is 0 Å². The first-order valence-corrected chi connectivity index (χ1v) is 10.6. The molecule has 4 aromatic rings. The van der Waals surface area contributed by atoms with Gasteiger partial charge in [0, 0.05) is 11.3 Å². The zero-order chi connectivity index (χ0) is 19.8. The van der Waals surface area contributed by atoms with Gasteiger partial charge in [-0.25, -0.2) is 9.97 Å². The maximum atomic E-state index is 12.4. The molecular weight excluding hydrogens is 394 g/mol. The second-order valence-corrected chi connectivity index (χ2v) is 8.94. The fourth-order valence-corrected chi connectivity index (χ4v) is 5.02. The second-order valence-electron chi connectivity index (χ2n) is 6.62. The molecule has 28 heavy (non-hydrogen) atoms. The molecule has 3 aromatic heterocycles. The van der Waals surface area contributed by atoms with Crippen LogP contribution in [0.15, 0.2) is 29.1 Å². The van der Waals surface area contributed by atoms with Crippen molar-refractivity contribution in [1.82, 2.24) is 15.0 Å². The van der Waals surface area contributed by atoms with Gasteiger partial charge in [0.1, 0.15) is 4.83 Å². The van der Waals surface area contributed by atoms with E-state index in [4.69, 9.17) is 4.74 Å². The average molecular weight is 414 g/mol. The summed E-state index contributed by atoms with van der Waals surface area (Å²) in [6.07, 6.45) is 0.132. The summed E-state index contributed by atoms with van der Waals surface area (Å²) in [4.78, 5) is 38.2. The quantitative estimate of drug-likeness (QED) is 0.489. The lowest BCUT2D eigenvalue weighted by atomic mass is 10.2. The highest BCUT2D eigenvalue weighted by atomic mass is 32.1. The third kappa shape index (κ3) is 3.57. The zero-order valence-corrected chi connectivity index (χ0v) is 17.4. The van der Waals surface area contributed by atoms with Gasteiger partial charge in [-0.05, 0) is 38.5 Å². The largest absolute Gasteiger partial charge is 0.454 e. The third-order valence-corrected chi connectivity index (χ3v) is 6.83. The number of aryl methyl sites for hydroxylation is 3. The summed E-state index contributed by atoms with van der Waals surface area (Å²) in [5.74, 6) is 0.0279. The Morgan fingerprint density at radius 1 is 1.21 bits per heavy atom. The van der Waals surface area contributed by atoms with Crippen LogP contribution in [0.4, 0.5) is 0 Å². The predicted octanol–water partition coefficient (Wildman–Crippen LogP) is 4.45. The number of nitrogens with zero attached hydrogens (tertiary/aromatic N) is 2. The number of H-pyrrole nitrogens is 1. The van der Waals surface area contributed by atoms with E-state index in [-0.39, 0.29) is 17.9 Å². The monoisotopic (exact) mass is 413 g/mol. The van der Waals surface area contributed by atoms with Gasteiger partial charge in [0.2, 0.25) is 0 Å². The van der Waals surface area contributed by atoms with Gasteiger partial charge < -0.3 is 9.72 Å². The first kappa shape index (κ1) is 18.8. The molecule has 4 rings (SSSR count). The van der Waals surface area contributed by atoms with Crippen LogP contribution >= 0.6 is 22.7 Å². The van der Waals surface area contributed by atoms with Crippen molar-refractivity contribution in [2.45, 2.75) is 39.7 Å². The van der Waals surface area contributed by atoms with Gasteiger partial charge >= 0.3 is 5.97 Å². The summed E-state index contributed by atoms with van der Waals surface area (Å²) >= 11 is 3.06. The van der Waals surface area contributed by atoms with E-state index < -0.39 is 6.10 Å². The molecule has 1 atom stereocenters. The lowest BCUT2D eigenvalue weighted by Gasteiger charge is -2.12. The highest BCUT2D eigenvalue weighted by Gasteiger charge is 2.18. The molecule has 8 heteroatoms. The third-order valence-electron chi connectivity index (χ3n) is 4.63. The number of para-hydroxylation sites is 1. The van der Waals surface area contributed by atoms with Crippen molar-refractivity contribution in [3.05, 3.63) is 55.9 Å². The maximum Gasteiger partial charge on any atom is 0.306 e. The van der Waals surface area contributed by atoms with Gasteiger partial charge in [0.05, 0.1) is 27.0 Å². The van der Waals surface area contributed by atoms with E-state index >= 15 is 0 Å². The molecule has 0 aliphatic rings. The van der Waals surface area contributed by atoms with Crippen molar-refractivity contribution < 1.29 is 9.53 Å². The van der Waals surface area contributed by atoms with Crippen molar-refractivity contribution in [3.63, 3.8) is 0 Å². The Kier molecular flexibility index (Phi) is 4.99. The van der Waals surface area contributed by atoms with Gasteiger partial charge in [0.25, 0.3) is 5.56 Å². The van der Waals surface area contributed by atoms with Crippen molar-refractivity contribution in [3.8, 4) is 0 Å². The molecule has 0 unspecified atom stereocenters. The van der Waals surface area contributed by atoms with Crippen LogP contribution in [-0.4, -0.2) is 20.9 Å². The number of hydrogen-bond acceptors (Lipinski definition) is 7. The predicted molar refractivity (Wildman–Crippen MR) is 112 cm³/mol. The minimum absolute atomic E-state index is 0.195. The standard InChI is InChI=1S/C20H19N3O3S2/c1-10-12(3)27-20-17(10)19(25)22-18(23-20)11(2)26-16(24)9-8-15-21-13-6-4-5-7-14(13)28-15/h4-7,11H,8-9H2,1-3H3,(H,22,23,25)/t11-/m1/s1. The Balaban J connectivity index is 1.44. The van der Waals surface area contributed by atoms with Crippen LogP contribution in [0.2, 0.25) is 0 Å². The normalized spacial score (nSPS) is 12.5. The molecule has 144 valence electrons. The van der Waals surface area contributed by atoms with E-state index in [1.807, 2.05) is 38.1 Å². The molecule has 1 N–H and O–H groups in total. The van der Waals surface area contributed by atoms with Gasteiger partial charge in [0.15, 0.2) is 11.9 Å². The number of hydrogen-bond donors (Lipinski definition) is 1. The fourth-order valence-electron chi connectivity index (χ4n) is 3.01. The van der Waals surface area contributed by atoms with E-state index in [2.05, 4.69) is 15.0 Å². The molecule has 0 saturated heterocycles. The Bertz CT molecular complexity index is 1210. The average Bonchev–Trinajstić information content (AvgIpc) is 3.20. The molecule has 0 bridgehead atoms. The molecule has 0 amide bonds. The molecule has 3 heterocycles. The summed E-state index contributed by atoms with van der Waals surface area (Å²) in [5.41, 5.74) is 1.70. The number of fused-ring (bicyclic) bond motifs is 2. The molecule has 0 saturated carbocycles. The van der Waals surface area contributed by atoms with E-state index in [9.17, 15) is 9.59 Å². The summed E-state index contributed by atoms with van der Waals surface area (Å²) in [6.45, 7) is 5.59. The number of thiophene rings is 1. The first-order valence-electron chi connectivity index (χ1n) is 8.96. The topological polar surface area (TPSA) is 84.9 Å². The number of carbonyl (C=O) groups is 1. The van der Waals surface area contributed by atoms with E-state index in [0.29, 0.717) is 22.5 Å². The first-order chi connectivity index (χ1) is 13.4. The molecule has 0 aliphatic carbocycles. The Hall–Kier alpha value is -2.58. The van der Waals surface area contributed by atoms with Crippen LogP contribution in [0.3, 0.4) is 0 Å². The number of aromatic nitrogens is 3. The summed E-state index contributed by atoms with van der Waals surface area (Å²) in [5, 5.41) is 1.52. The summed E-state index contributed by atoms with van der Waals surface area (Å²) in [6, 6.07) is 7.90. The molecule has 1 aromatic carbocycles. The number of rotatable bonds is 5. The minimum Gasteiger partial charge on any atom is -0.454 e. The fraction of sp³-hybridized carbons (Fsp3) is 0.300. The molecule has 0 fully saturated rings. The lowest BCUT2D eigenvalue weighted by Crippen LogP contribution is -2.17. The van der Waals surface area contributed by atoms with Crippen LogP contribution in [0.25, 0.3) is 20.4 Å².